The number of anilines is 1. The van der Waals surface area contributed by atoms with E-state index in [2.05, 4.69) is 4.98 Å². The van der Waals surface area contributed by atoms with Gasteiger partial charge in [-0.3, -0.25) is 10.0 Å². The normalized spacial score (nSPS) is 11.4. The largest absolute Gasteiger partial charge is 0.289 e. The minimum absolute atomic E-state index is 0.245. The Labute approximate surface area is 176 Å². The van der Waals surface area contributed by atoms with E-state index in [0.29, 0.717) is 24.0 Å². The lowest BCUT2D eigenvalue weighted by molar-refractivity contribution is -0.129. The van der Waals surface area contributed by atoms with Crippen molar-refractivity contribution in [3.63, 3.8) is 0 Å². The summed E-state index contributed by atoms with van der Waals surface area (Å²) in [6, 6.07) is 17.9. The lowest BCUT2D eigenvalue weighted by Crippen LogP contribution is -2.33. The predicted molar refractivity (Wildman–Crippen MR) is 116 cm³/mol. The summed E-state index contributed by atoms with van der Waals surface area (Å²) in [5, 5.41) is 10.1. The van der Waals surface area contributed by atoms with Gasteiger partial charge in [-0.05, 0) is 36.4 Å². The molecule has 2 aromatic carbocycles. The molecule has 2 N–H and O–H groups in total. The van der Waals surface area contributed by atoms with Crippen LogP contribution in [0.2, 0.25) is 0 Å². The standard InChI is InChI=1S/C22H25N3O4S/c26-22(24-27)15-3-1-2-8-17-25(21-14-6-7-16-23-21)30(28,29)20-13-9-11-18-10-4-5-12-19(18)20/h4-7,9-14,16,27H,1-3,8,15,17H2,(H,24,26). The van der Waals surface area contributed by atoms with E-state index in [-0.39, 0.29) is 17.9 Å². The molecule has 0 aliphatic heterocycles. The first-order valence-corrected chi connectivity index (χ1v) is 11.3. The highest BCUT2D eigenvalue weighted by Gasteiger charge is 2.27. The molecule has 0 radical (unpaired) electrons. The molecule has 1 heterocycles. The van der Waals surface area contributed by atoms with E-state index in [1.807, 2.05) is 30.3 Å². The Morgan fingerprint density at radius 1 is 0.933 bits per heavy atom. The lowest BCUT2D eigenvalue weighted by Gasteiger charge is -2.24. The van der Waals surface area contributed by atoms with Crippen LogP contribution in [-0.4, -0.2) is 31.1 Å². The maximum absolute atomic E-state index is 13.6. The van der Waals surface area contributed by atoms with Gasteiger partial charge in [-0.2, -0.15) is 0 Å². The Morgan fingerprint density at radius 2 is 1.67 bits per heavy atom. The van der Waals surface area contributed by atoms with Crippen molar-refractivity contribution in [2.24, 2.45) is 0 Å². The summed E-state index contributed by atoms with van der Waals surface area (Å²) >= 11 is 0. The number of hydroxylamine groups is 1. The molecule has 0 bridgehead atoms. The average molecular weight is 428 g/mol. The van der Waals surface area contributed by atoms with Crippen molar-refractivity contribution in [3.8, 4) is 0 Å². The highest BCUT2D eigenvalue weighted by molar-refractivity contribution is 7.93. The molecular formula is C22H25N3O4S. The first-order chi connectivity index (χ1) is 14.5. The molecule has 0 aliphatic carbocycles. The first kappa shape index (κ1) is 21.7. The number of hydrogen-bond donors (Lipinski definition) is 2. The predicted octanol–water partition coefficient (Wildman–Crippen LogP) is 3.89. The van der Waals surface area contributed by atoms with Gasteiger partial charge in [-0.25, -0.2) is 23.2 Å². The van der Waals surface area contributed by atoms with Crippen LogP contribution < -0.4 is 9.79 Å². The third-order valence-electron chi connectivity index (χ3n) is 4.86. The second kappa shape index (κ2) is 10.2. The Hall–Kier alpha value is -2.97. The number of unbranched alkanes of at least 4 members (excludes halogenated alkanes) is 3. The Balaban J connectivity index is 1.81. The topological polar surface area (TPSA) is 99.6 Å². The molecule has 0 unspecified atom stereocenters. The second-order valence-corrected chi connectivity index (χ2v) is 8.77. The van der Waals surface area contributed by atoms with Crippen LogP contribution in [0.5, 0.6) is 0 Å². The van der Waals surface area contributed by atoms with Gasteiger partial charge in [0.05, 0.1) is 4.90 Å². The fourth-order valence-corrected chi connectivity index (χ4v) is 5.02. The van der Waals surface area contributed by atoms with Crippen LogP contribution in [0.4, 0.5) is 5.82 Å². The molecule has 0 saturated heterocycles. The summed E-state index contributed by atoms with van der Waals surface area (Å²) in [5.74, 6) is -0.0336. The molecule has 0 spiro atoms. The van der Waals surface area contributed by atoms with Crippen LogP contribution >= 0.6 is 0 Å². The smallest absolute Gasteiger partial charge is 0.266 e. The minimum atomic E-state index is -3.82. The zero-order valence-corrected chi connectivity index (χ0v) is 17.4. The van der Waals surface area contributed by atoms with Crippen molar-refractivity contribution in [2.45, 2.75) is 37.0 Å². The monoisotopic (exact) mass is 427 g/mol. The molecule has 0 saturated carbocycles. The number of nitrogens with one attached hydrogen (secondary N) is 1. The van der Waals surface area contributed by atoms with Crippen LogP contribution in [0.1, 0.15) is 32.1 Å². The van der Waals surface area contributed by atoms with Gasteiger partial charge in [0.15, 0.2) is 0 Å². The molecular weight excluding hydrogens is 402 g/mol. The molecule has 8 heteroatoms. The molecule has 0 atom stereocenters. The van der Waals surface area contributed by atoms with Gasteiger partial charge in [0, 0.05) is 24.5 Å². The van der Waals surface area contributed by atoms with E-state index in [1.54, 1.807) is 42.0 Å². The molecule has 1 amide bonds. The Kier molecular flexibility index (Phi) is 7.37. The van der Waals surface area contributed by atoms with E-state index in [9.17, 15) is 13.2 Å². The molecule has 158 valence electrons. The van der Waals surface area contributed by atoms with Crippen LogP contribution in [0.15, 0.2) is 71.8 Å². The van der Waals surface area contributed by atoms with Crippen LogP contribution in [0.25, 0.3) is 10.8 Å². The number of carbonyl (C=O) groups excluding carboxylic acids is 1. The lowest BCUT2D eigenvalue weighted by atomic mass is 10.1. The van der Waals surface area contributed by atoms with Gasteiger partial charge in [0.25, 0.3) is 10.0 Å². The van der Waals surface area contributed by atoms with Crippen molar-refractivity contribution >= 4 is 32.5 Å². The van der Waals surface area contributed by atoms with Crippen molar-refractivity contribution < 1.29 is 18.4 Å². The summed E-state index contributed by atoms with van der Waals surface area (Å²) in [5.41, 5.74) is 1.61. The van der Waals surface area contributed by atoms with Crippen LogP contribution in [-0.2, 0) is 14.8 Å². The van der Waals surface area contributed by atoms with E-state index >= 15 is 0 Å². The number of pyridine rings is 1. The maximum atomic E-state index is 13.6. The summed E-state index contributed by atoms with van der Waals surface area (Å²) < 4.78 is 28.6. The second-order valence-electron chi connectivity index (χ2n) is 6.94. The molecule has 30 heavy (non-hydrogen) atoms. The maximum Gasteiger partial charge on any atom is 0.266 e. The third-order valence-corrected chi connectivity index (χ3v) is 6.72. The van der Waals surface area contributed by atoms with E-state index in [1.165, 1.54) is 4.31 Å². The summed E-state index contributed by atoms with van der Waals surface area (Å²) in [6.07, 6.45) is 4.60. The van der Waals surface area contributed by atoms with Crippen LogP contribution in [0.3, 0.4) is 0 Å². The number of benzene rings is 2. The number of nitrogens with zero attached hydrogens (tertiary/aromatic N) is 2. The number of amides is 1. The highest BCUT2D eigenvalue weighted by atomic mass is 32.2. The van der Waals surface area contributed by atoms with Gasteiger partial charge in [0.2, 0.25) is 5.91 Å². The summed E-state index contributed by atoms with van der Waals surface area (Å²) in [6.45, 7) is 0.286. The van der Waals surface area contributed by atoms with Gasteiger partial charge >= 0.3 is 0 Å². The summed E-state index contributed by atoms with van der Waals surface area (Å²) in [7, 11) is -3.82. The molecule has 7 nitrogen and oxygen atoms in total. The average Bonchev–Trinajstić information content (AvgIpc) is 2.78. The third kappa shape index (κ3) is 5.14. The quantitative estimate of drug-likeness (QED) is 0.291. The van der Waals surface area contributed by atoms with Crippen molar-refractivity contribution in [2.75, 3.05) is 10.8 Å². The Bertz CT molecular complexity index is 1080. The fraction of sp³-hybridized carbons (Fsp3) is 0.273. The molecule has 3 aromatic rings. The van der Waals surface area contributed by atoms with Crippen molar-refractivity contribution in [1.82, 2.24) is 10.5 Å². The Morgan fingerprint density at radius 3 is 2.43 bits per heavy atom. The zero-order valence-electron chi connectivity index (χ0n) is 16.6. The minimum Gasteiger partial charge on any atom is -0.289 e. The van der Waals surface area contributed by atoms with E-state index in [0.717, 1.165) is 18.2 Å². The molecule has 1 aromatic heterocycles. The molecule has 0 aliphatic rings. The van der Waals surface area contributed by atoms with Gasteiger partial charge < -0.3 is 0 Å². The molecule has 0 fully saturated rings. The number of sulfonamides is 1. The number of fused-ring (bicyclic) bond motifs is 1. The number of rotatable bonds is 10. The van der Waals surface area contributed by atoms with Gasteiger partial charge in [-0.15, -0.1) is 0 Å². The SMILES string of the molecule is O=C(CCCCCCN(c1ccccn1)S(=O)(=O)c1cccc2ccccc12)NO. The highest BCUT2D eigenvalue weighted by Crippen LogP contribution is 2.28. The fourth-order valence-electron chi connectivity index (χ4n) is 3.35. The zero-order chi connectivity index (χ0) is 21.4. The molecule has 3 rings (SSSR count). The summed E-state index contributed by atoms with van der Waals surface area (Å²) in [4.78, 5) is 15.6. The van der Waals surface area contributed by atoms with E-state index < -0.39 is 15.9 Å². The van der Waals surface area contributed by atoms with Crippen molar-refractivity contribution in [3.05, 3.63) is 66.9 Å². The number of carbonyl (C=O) groups is 1. The van der Waals surface area contributed by atoms with Gasteiger partial charge in [0.1, 0.15) is 5.82 Å². The number of hydrogen-bond acceptors (Lipinski definition) is 5. The van der Waals surface area contributed by atoms with Gasteiger partial charge in [-0.1, -0.05) is 55.3 Å². The number of aromatic nitrogens is 1. The van der Waals surface area contributed by atoms with Crippen molar-refractivity contribution in [1.29, 1.82) is 0 Å². The van der Waals surface area contributed by atoms with E-state index in [4.69, 9.17) is 5.21 Å². The van der Waals surface area contributed by atoms with Crippen LogP contribution in [0, 0.1) is 0 Å². The first-order valence-electron chi connectivity index (χ1n) is 9.88.